The van der Waals surface area contributed by atoms with Crippen molar-refractivity contribution in [2.75, 3.05) is 27.9 Å². The van der Waals surface area contributed by atoms with Crippen LogP contribution in [0.4, 0.5) is 0 Å². The molecule has 2 aromatic carbocycles. The quantitative estimate of drug-likeness (QED) is 0.517. The fourth-order valence-corrected chi connectivity index (χ4v) is 4.29. The van der Waals surface area contributed by atoms with Crippen molar-refractivity contribution in [2.45, 2.75) is 20.4 Å². The highest BCUT2D eigenvalue weighted by Crippen LogP contribution is 2.38. The Balaban J connectivity index is 2.09. The van der Waals surface area contributed by atoms with E-state index < -0.39 is 5.91 Å². The largest absolute Gasteiger partial charge is 0.493 e. The second kappa shape index (κ2) is 9.65. The summed E-state index contributed by atoms with van der Waals surface area (Å²) in [6.45, 7) is 4.65. The summed E-state index contributed by atoms with van der Waals surface area (Å²) in [6, 6.07) is 8.44. The van der Waals surface area contributed by atoms with E-state index in [0.717, 1.165) is 10.2 Å². The van der Waals surface area contributed by atoms with Crippen molar-refractivity contribution in [3.63, 3.8) is 0 Å². The molecule has 0 atom stereocenters. The summed E-state index contributed by atoms with van der Waals surface area (Å²) in [5.41, 5.74) is 1.65. The van der Waals surface area contributed by atoms with Gasteiger partial charge in [-0.2, -0.15) is 4.99 Å². The highest BCUT2D eigenvalue weighted by Gasteiger charge is 2.17. The molecule has 164 valence electrons. The highest BCUT2D eigenvalue weighted by atomic mass is 32.1. The summed E-state index contributed by atoms with van der Waals surface area (Å²) in [6.07, 6.45) is 0. The molecule has 3 aromatic rings. The molecule has 0 aliphatic carbocycles. The van der Waals surface area contributed by atoms with Gasteiger partial charge in [0.25, 0.3) is 5.91 Å². The summed E-state index contributed by atoms with van der Waals surface area (Å²) in [5.74, 6) is 0.323. The third kappa shape index (κ3) is 4.41. The van der Waals surface area contributed by atoms with Crippen molar-refractivity contribution in [3.8, 4) is 17.2 Å². The van der Waals surface area contributed by atoms with Crippen molar-refractivity contribution in [1.29, 1.82) is 0 Å². The van der Waals surface area contributed by atoms with Crippen LogP contribution in [0.2, 0.25) is 0 Å². The first-order chi connectivity index (χ1) is 15.0. The monoisotopic (exact) mass is 444 g/mol. The van der Waals surface area contributed by atoms with Gasteiger partial charge in [0.2, 0.25) is 5.75 Å². The number of ether oxygens (including phenoxy) is 4. The topological polar surface area (TPSA) is 88.3 Å². The second-order valence-electron chi connectivity index (χ2n) is 6.36. The number of thiazole rings is 1. The van der Waals surface area contributed by atoms with E-state index in [1.807, 2.05) is 17.6 Å². The van der Waals surface area contributed by atoms with Gasteiger partial charge in [0.05, 0.1) is 43.7 Å². The number of aryl methyl sites for hydroxylation is 1. The zero-order valence-electron chi connectivity index (χ0n) is 18.1. The number of esters is 1. The van der Waals surface area contributed by atoms with Gasteiger partial charge in [-0.25, -0.2) is 4.79 Å². The van der Waals surface area contributed by atoms with Gasteiger partial charge in [-0.05, 0) is 44.2 Å². The van der Waals surface area contributed by atoms with E-state index in [-0.39, 0.29) is 5.97 Å². The Kier molecular flexibility index (Phi) is 6.96. The SMILES string of the molecule is CCOC(=O)c1ccc2c(c1)sc(=NC(=O)c1cc(OC)c(OC)c(OC)c1)n2CC. The van der Waals surface area contributed by atoms with Crippen molar-refractivity contribution in [3.05, 3.63) is 46.3 Å². The summed E-state index contributed by atoms with van der Waals surface area (Å²) in [7, 11) is 4.47. The molecule has 0 N–H and O–H groups in total. The average molecular weight is 445 g/mol. The van der Waals surface area contributed by atoms with Crippen LogP contribution in [0.25, 0.3) is 10.2 Å². The molecule has 1 heterocycles. The maximum absolute atomic E-state index is 13.0. The Labute approximate surface area is 183 Å². The molecule has 0 bridgehead atoms. The standard InChI is InChI=1S/C22H24N2O6S/c1-6-24-15-9-8-13(21(26)30-7-2)12-18(15)31-22(24)23-20(25)14-10-16(27-3)19(29-5)17(11-14)28-4/h8-12H,6-7H2,1-5H3. The van der Waals surface area contributed by atoms with Crippen LogP contribution in [0.1, 0.15) is 34.6 Å². The molecule has 0 saturated carbocycles. The Morgan fingerprint density at radius 1 is 0.968 bits per heavy atom. The Morgan fingerprint density at radius 3 is 2.19 bits per heavy atom. The number of rotatable bonds is 7. The molecule has 0 aliphatic heterocycles. The van der Waals surface area contributed by atoms with Crippen molar-refractivity contribution < 1.29 is 28.5 Å². The van der Waals surface area contributed by atoms with Crippen LogP contribution in [-0.2, 0) is 11.3 Å². The molecule has 31 heavy (non-hydrogen) atoms. The maximum Gasteiger partial charge on any atom is 0.338 e. The molecule has 9 heteroatoms. The van der Waals surface area contributed by atoms with E-state index in [1.54, 1.807) is 31.2 Å². The normalized spacial score (nSPS) is 11.5. The first-order valence-electron chi connectivity index (χ1n) is 9.66. The third-order valence-corrected chi connectivity index (χ3v) is 5.66. The fourth-order valence-electron chi connectivity index (χ4n) is 3.16. The molecule has 1 amide bonds. The fraction of sp³-hybridized carbons (Fsp3) is 0.318. The minimum atomic E-state index is -0.446. The average Bonchev–Trinajstić information content (AvgIpc) is 3.13. The predicted molar refractivity (Wildman–Crippen MR) is 117 cm³/mol. The lowest BCUT2D eigenvalue weighted by Crippen LogP contribution is -2.16. The van der Waals surface area contributed by atoms with Gasteiger partial charge >= 0.3 is 5.97 Å². The molecule has 0 aliphatic rings. The lowest BCUT2D eigenvalue weighted by atomic mass is 10.1. The minimum absolute atomic E-state index is 0.306. The van der Waals surface area contributed by atoms with Gasteiger partial charge in [0.15, 0.2) is 16.3 Å². The summed E-state index contributed by atoms with van der Waals surface area (Å²) in [4.78, 5) is 29.9. The number of carbonyl (C=O) groups excluding carboxylic acids is 2. The number of fused-ring (bicyclic) bond motifs is 1. The molecule has 0 unspecified atom stereocenters. The lowest BCUT2D eigenvalue weighted by Gasteiger charge is -2.12. The van der Waals surface area contributed by atoms with Crippen LogP contribution in [-0.4, -0.2) is 44.4 Å². The number of amides is 1. The minimum Gasteiger partial charge on any atom is -0.493 e. The van der Waals surface area contributed by atoms with Crippen LogP contribution < -0.4 is 19.0 Å². The molecule has 1 aromatic heterocycles. The van der Waals surface area contributed by atoms with Crippen LogP contribution in [0.3, 0.4) is 0 Å². The third-order valence-electron chi connectivity index (χ3n) is 4.62. The van der Waals surface area contributed by atoms with Gasteiger partial charge in [0, 0.05) is 12.1 Å². The number of carbonyl (C=O) groups is 2. The van der Waals surface area contributed by atoms with Gasteiger partial charge in [-0.1, -0.05) is 11.3 Å². The Bertz CT molecular complexity index is 1170. The predicted octanol–water partition coefficient (Wildman–Crippen LogP) is 3.67. The van der Waals surface area contributed by atoms with E-state index in [4.69, 9.17) is 18.9 Å². The van der Waals surface area contributed by atoms with Crippen LogP contribution in [0.5, 0.6) is 17.2 Å². The molecule has 8 nitrogen and oxygen atoms in total. The number of nitrogens with zero attached hydrogens (tertiary/aromatic N) is 2. The first kappa shape index (κ1) is 22.4. The molecule has 3 rings (SSSR count). The summed E-state index contributed by atoms with van der Waals surface area (Å²) < 4.78 is 23.8. The number of aromatic nitrogens is 1. The number of methoxy groups -OCH3 is 3. The first-order valence-corrected chi connectivity index (χ1v) is 10.5. The molecular weight excluding hydrogens is 420 g/mol. The Hall–Kier alpha value is -3.33. The zero-order valence-corrected chi connectivity index (χ0v) is 18.9. The molecule has 0 fully saturated rings. The summed E-state index contributed by atoms with van der Waals surface area (Å²) in [5, 5.41) is 0. The van der Waals surface area contributed by atoms with Crippen LogP contribution in [0.15, 0.2) is 35.3 Å². The van der Waals surface area contributed by atoms with Crippen LogP contribution in [0, 0.1) is 0 Å². The second-order valence-corrected chi connectivity index (χ2v) is 7.37. The lowest BCUT2D eigenvalue weighted by molar-refractivity contribution is 0.0526. The van der Waals surface area contributed by atoms with Crippen molar-refractivity contribution in [1.82, 2.24) is 4.57 Å². The van der Waals surface area contributed by atoms with Gasteiger partial charge in [-0.15, -0.1) is 0 Å². The molecule has 0 radical (unpaired) electrons. The van der Waals surface area contributed by atoms with Crippen LogP contribution >= 0.6 is 11.3 Å². The Morgan fingerprint density at radius 2 is 1.65 bits per heavy atom. The number of hydrogen-bond donors (Lipinski definition) is 0. The van der Waals surface area contributed by atoms with E-state index in [0.29, 0.717) is 46.3 Å². The number of benzene rings is 2. The maximum atomic E-state index is 13.0. The van der Waals surface area contributed by atoms with Crippen molar-refractivity contribution >= 4 is 33.4 Å². The summed E-state index contributed by atoms with van der Waals surface area (Å²) >= 11 is 1.33. The van der Waals surface area contributed by atoms with E-state index in [9.17, 15) is 9.59 Å². The van der Waals surface area contributed by atoms with E-state index >= 15 is 0 Å². The van der Waals surface area contributed by atoms with Gasteiger partial charge < -0.3 is 23.5 Å². The molecule has 0 spiro atoms. The van der Waals surface area contributed by atoms with E-state index in [1.165, 1.54) is 32.7 Å². The molecule has 0 saturated heterocycles. The molecular formula is C22H24N2O6S. The van der Waals surface area contributed by atoms with Gasteiger partial charge in [0.1, 0.15) is 0 Å². The van der Waals surface area contributed by atoms with E-state index in [2.05, 4.69) is 4.99 Å². The van der Waals surface area contributed by atoms with Gasteiger partial charge in [-0.3, -0.25) is 4.79 Å². The smallest absolute Gasteiger partial charge is 0.338 e. The number of hydrogen-bond acceptors (Lipinski definition) is 7. The highest BCUT2D eigenvalue weighted by molar-refractivity contribution is 7.16. The van der Waals surface area contributed by atoms with Crippen molar-refractivity contribution in [2.24, 2.45) is 4.99 Å². The zero-order chi connectivity index (χ0) is 22.5.